The standard InChI is InChI=1S/C16H23BrClN/c1-16(2)8-4-3-5-13(16)15(19)9-11-6-7-12(17)10-14(11)18/h6-7,10,13,15H,3-5,8-9,19H2,1-2H3. The van der Waals surface area contributed by atoms with Crippen molar-refractivity contribution < 1.29 is 0 Å². The van der Waals surface area contributed by atoms with Crippen molar-refractivity contribution in [3.05, 3.63) is 33.3 Å². The number of rotatable bonds is 3. The van der Waals surface area contributed by atoms with Crippen molar-refractivity contribution in [2.75, 3.05) is 0 Å². The molecular weight excluding hydrogens is 322 g/mol. The van der Waals surface area contributed by atoms with Crippen LogP contribution in [-0.4, -0.2) is 6.04 Å². The molecule has 0 radical (unpaired) electrons. The quantitative estimate of drug-likeness (QED) is 0.802. The summed E-state index contributed by atoms with van der Waals surface area (Å²) >= 11 is 9.74. The predicted octanol–water partition coefficient (Wildman–Crippen LogP) is 5.19. The maximum atomic E-state index is 6.49. The molecule has 2 unspecified atom stereocenters. The van der Waals surface area contributed by atoms with Gasteiger partial charge < -0.3 is 5.73 Å². The third kappa shape index (κ3) is 3.74. The average Bonchev–Trinajstić information content (AvgIpc) is 2.32. The van der Waals surface area contributed by atoms with Gasteiger partial charge in [0.25, 0.3) is 0 Å². The zero-order valence-corrected chi connectivity index (χ0v) is 14.1. The molecule has 1 aromatic rings. The van der Waals surface area contributed by atoms with Gasteiger partial charge in [0, 0.05) is 15.5 Å². The van der Waals surface area contributed by atoms with Crippen LogP contribution in [0.1, 0.15) is 45.1 Å². The van der Waals surface area contributed by atoms with Gasteiger partial charge in [-0.05, 0) is 48.3 Å². The topological polar surface area (TPSA) is 26.0 Å². The van der Waals surface area contributed by atoms with E-state index in [-0.39, 0.29) is 6.04 Å². The molecule has 1 saturated carbocycles. The zero-order chi connectivity index (χ0) is 14.0. The number of benzene rings is 1. The van der Waals surface area contributed by atoms with Gasteiger partial charge in [0.15, 0.2) is 0 Å². The number of hydrogen-bond donors (Lipinski definition) is 1. The minimum absolute atomic E-state index is 0.203. The third-order valence-corrected chi connectivity index (χ3v) is 5.42. The summed E-state index contributed by atoms with van der Waals surface area (Å²) in [6.07, 6.45) is 6.08. The highest BCUT2D eigenvalue weighted by Gasteiger charge is 2.36. The first kappa shape index (κ1) is 15.3. The van der Waals surface area contributed by atoms with Gasteiger partial charge >= 0.3 is 0 Å². The largest absolute Gasteiger partial charge is 0.327 e. The molecule has 1 aromatic carbocycles. The van der Waals surface area contributed by atoms with E-state index in [2.05, 4.69) is 35.8 Å². The summed E-state index contributed by atoms with van der Waals surface area (Å²) in [6, 6.07) is 6.28. The van der Waals surface area contributed by atoms with Crippen molar-refractivity contribution in [3.63, 3.8) is 0 Å². The SMILES string of the molecule is CC1(C)CCCCC1C(N)Cc1ccc(Br)cc1Cl. The van der Waals surface area contributed by atoms with Crippen LogP contribution < -0.4 is 5.73 Å². The second-order valence-corrected chi connectivity index (χ2v) is 7.77. The molecule has 1 aliphatic carbocycles. The molecule has 2 N–H and O–H groups in total. The van der Waals surface area contributed by atoms with E-state index in [0.29, 0.717) is 11.3 Å². The Labute approximate surface area is 130 Å². The number of hydrogen-bond acceptors (Lipinski definition) is 1. The van der Waals surface area contributed by atoms with E-state index in [1.165, 1.54) is 31.2 Å². The Bertz CT molecular complexity index is 444. The molecule has 1 fully saturated rings. The lowest BCUT2D eigenvalue weighted by Gasteiger charge is -2.42. The van der Waals surface area contributed by atoms with Crippen LogP contribution in [0.25, 0.3) is 0 Å². The van der Waals surface area contributed by atoms with Gasteiger partial charge in [-0.25, -0.2) is 0 Å². The van der Waals surface area contributed by atoms with Gasteiger partial charge in [0.1, 0.15) is 0 Å². The van der Waals surface area contributed by atoms with Crippen molar-refractivity contribution in [3.8, 4) is 0 Å². The van der Waals surface area contributed by atoms with Crippen LogP contribution in [0.2, 0.25) is 5.02 Å². The van der Waals surface area contributed by atoms with Crippen molar-refractivity contribution in [2.45, 2.75) is 52.0 Å². The Morgan fingerprint density at radius 2 is 2.16 bits per heavy atom. The molecule has 1 nitrogen and oxygen atoms in total. The zero-order valence-electron chi connectivity index (χ0n) is 11.8. The predicted molar refractivity (Wildman–Crippen MR) is 86.6 cm³/mol. The van der Waals surface area contributed by atoms with Crippen LogP contribution in [-0.2, 0) is 6.42 Å². The fourth-order valence-corrected chi connectivity index (χ4v) is 4.15. The fraction of sp³-hybridized carbons (Fsp3) is 0.625. The molecule has 0 aromatic heterocycles. The van der Waals surface area contributed by atoms with Crippen LogP contribution in [0.4, 0.5) is 0 Å². The molecule has 0 saturated heterocycles. The lowest BCUT2D eigenvalue weighted by molar-refractivity contribution is 0.112. The molecular formula is C16H23BrClN. The van der Waals surface area contributed by atoms with E-state index < -0.39 is 0 Å². The molecule has 0 aliphatic heterocycles. The maximum absolute atomic E-state index is 6.49. The Morgan fingerprint density at radius 1 is 1.42 bits per heavy atom. The summed E-state index contributed by atoms with van der Waals surface area (Å²) in [7, 11) is 0. The normalized spacial score (nSPS) is 24.2. The van der Waals surface area contributed by atoms with E-state index in [1.807, 2.05) is 12.1 Å². The van der Waals surface area contributed by atoms with Crippen molar-refractivity contribution in [1.82, 2.24) is 0 Å². The molecule has 19 heavy (non-hydrogen) atoms. The fourth-order valence-electron chi connectivity index (χ4n) is 3.40. The minimum atomic E-state index is 0.203. The Morgan fingerprint density at radius 3 is 2.79 bits per heavy atom. The average molecular weight is 345 g/mol. The highest BCUT2D eigenvalue weighted by atomic mass is 79.9. The summed E-state index contributed by atoms with van der Waals surface area (Å²) in [4.78, 5) is 0. The van der Waals surface area contributed by atoms with Gasteiger partial charge in [0.05, 0.1) is 0 Å². The van der Waals surface area contributed by atoms with E-state index in [4.69, 9.17) is 17.3 Å². The number of halogens is 2. The van der Waals surface area contributed by atoms with Crippen molar-refractivity contribution in [1.29, 1.82) is 0 Å². The Balaban J connectivity index is 2.09. The highest BCUT2D eigenvalue weighted by molar-refractivity contribution is 9.10. The van der Waals surface area contributed by atoms with Crippen molar-refractivity contribution >= 4 is 27.5 Å². The molecule has 2 atom stereocenters. The Kier molecular flexibility index (Phi) is 4.97. The second kappa shape index (κ2) is 6.15. The summed E-state index contributed by atoms with van der Waals surface area (Å²) in [5.41, 5.74) is 8.02. The highest BCUT2D eigenvalue weighted by Crippen LogP contribution is 2.42. The van der Waals surface area contributed by atoms with Crippen molar-refractivity contribution in [2.24, 2.45) is 17.1 Å². The lowest BCUT2D eigenvalue weighted by atomic mass is 9.65. The third-order valence-electron chi connectivity index (χ3n) is 4.58. The monoisotopic (exact) mass is 343 g/mol. The second-order valence-electron chi connectivity index (χ2n) is 6.44. The summed E-state index contributed by atoms with van der Waals surface area (Å²) in [5.74, 6) is 0.598. The van der Waals surface area contributed by atoms with Gasteiger partial charge in [-0.15, -0.1) is 0 Å². The van der Waals surface area contributed by atoms with Gasteiger partial charge in [-0.3, -0.25) is 0 Å². The molecule has 1 aliphatic rings. The number of nitrogens with two attached hydrogens (primary N) is 1. The maximum Gasteiger partial charge on any atom is 0.0449 e. The molecule has 0 amide bonds. The lowest BCUT2D eigenvalue weighted by Crippen LogP contribution is -2.43. The van der Waals surface area contributed by atoms with Crippen LogP contribution in [0, 0.1) is 11.3 Å². The van der Waals surface area contributed by atoms with E-state index in [9.17, 15) is 0 Å². The first-order valence-corrected chi connectivity index (χ1v) is 8.27. The summed E-state index contributed by atoms with van der Waals surface area (Å²) in [6.45, 7) is 4.72. The van der Waals surface area contributed by atoms with Crippen LogP contribution in [0.15, 0.2) is 22.7 Å². The van der Waals surface area contributed by atoms with Crippen LogP contribution in [0.3, 0.4) is 0 Å². The molecule has 0 bridgehead atoms. The van der Waals surface area contributed by atoms with E-state index in [0.717, 1.165) is 15.9 Å². The van der Waals surface area contributed by atoms with Crippen LogP contribution in [0.5, 0.6) is 0 Å². The first-order valence-electron chi connectivity index (χ1n) is 7.09. The molecule has 106 valence electrons. The minimum Gasteiger partial charge on any atom is -0.327 e. The van der Waals surface area contributed by atoms with E-state index >= 15 is 0 Å². The first-order chi connectivity index (χ1) is 8.90. The van der Waals surface area contributed by atoms with Crippen LogP contribution >= 0.6 is 27.5 Å². The smallest absolute Gasteiger partial charge is 0.0449 e. The van der Waals surface area contributed by atoms with Gasteiger partial charge in [-0.1, -0.05) is 60.3 Å². The Hall–Kier alpha value is -0.0500. The molecule has 3 heteroatoms. The van der Waals surface area contributed by atoms with E-state index in [1.54, 1.807) is 0 Å². The molecule has 0 heterocycles. The van der Waals surface area contributed by atoms with Gasteiger partial charge in [0.2, 0.25) is 0 Å². The summed E-state index contributed by atoms with van der Waals surface area (Å²) < 4.78 is 1.02. The van der Waals surface area contributed by atoms with Gasteiger partial charge in [-0.2, -0.15) is 0 Å². The molecule has 2 rings (SSSR count). The molecule has 0 spiro atoms. The summed E-state index contributed by atoms with van der Waals surface area (Å²) in [5, 5.41) is 0.818.